The van der Waals surface area contributed by atoms with E-state index in [4.69, 9.17) is 5.11 Å². The zero-order valence-corrected chi connectivity index (χ0v) is 12.2. The van der Waals surface area contributed by atoms with Crippen molar-refractivity contribution in [2.45, 2.75) is 25.0 Å². The highest BCUT2D eigenvalue weighted by Gasteiger charge is 2.16. The second kappa shape index (κ2) is 6.49. The number of aromatic nitrogens is 3. The Balaban J connectivity index is 2.40. The molecule has 0 spiro atoms. The summed E-state index contributed by atoms with van der Waals surface area (Å²) in [5, 5.41) is 36.4. The quantitative estimate of drug-likeness (QED) is 0.700. The van der Waals surface area contributed by atoms with Crippen LogP contribution in [0.15, 0.2) is 23.4 Å². The molecule has 21 heavy (non-hydrogen) atoms. The number of benzene rings is 1. The summed E-state index contributed by atoms with van der Waals surface area (Å²) in [6, 6.07) is 4.17. The van der Waals surface area contributed by atoms with E-state index < -0.39 is 5.97 Å². The van der Waals surface area contributed by atoms with Gasteiger partial charge in [-0.05, 0) is 18.6 Å². The number of phenolic OH excluding ortho intramolecular Hbond substituents is 2. The molecule has 2 rings (SSSR count). The maximum absolute atomic E-state index is 10.7. The van der Waals surface area contributed by atoms with Gasteiger partial charge in [0.25, 0.3) is 0 Å². The zero-order valence-electron chi connectivity index (χ0n) is 11.4. The molecule has 0 aliphatic carbocycles. The second-order valence-electron chi connectivity index (χ2n) is 4.38. The van der Waals surface area contributed by atoms with Crippen LogP contribution in [0.4, 0.5) is 0 Å². The summed E-state index contributed by atoms with van der Waals surface area (Å²) in [4.78, 5) is 10.7. The lowest BCUT2D eigenvalue weighted by Crippen LogP contribution is -2.04. The first-order valence-corrected chi connectivity index (χ1v) is 7.31. The average Bonchev–Trinajstić information content (AvgIpc) is 2.79. The smallest absolute Gasteiger partial charge is 0.313 e. The number of rotatable bonds is 6. The Labute approximate surface area is 125 Å². The third-order valence-corrected chi connectivity index (χ3v) is 3.60. The molecule has 112 valence electrons. The van der Waals surface area contributed by atoms with Gasteiger partial charge in [-0.15, -0.1) is 10.2 Å². The first kappa shape index (κ1) is 15.2. The van der Waals surface area contributed by atoms with Crippen molar-refractivity contribution in [3.8, 4) is 22.9 Å². The summed E-state index contributed by atoms with van der Waals surface area (Å²) in [7, 11) is 0. The fourth-order valence-corrected chi connectivity index (χ4v) is 2.57. The van der Waals surface area contributed by atoms with E-state index in [0.29, 0.717) is 23.1 Å². The molecule has 0 radical (unpaired) electrons. The molecule has 1 aromatic heterocycles. The van der Waals surface area contributed by atoms with Crippen LogP contribution in [0.1, 0.15) is 13.3 Å². The summed E-state index contributed by atoms with van der Waals surface area (Å²) in [5.74, 6) is -0.697. The molecule has 0 bridgehead atoms. The molecule has 0 saturated carbocycles. The molecule has 1 heterocycles. The summed E-state index contributed by atoms with van der Waals surface area (Å²) in [6.07, 6.45) is 0.816. The number of phenols is 2. The Hall–Kier alpha value is -2.22. The number of carboxylic acid groups (broad SMARTS) is 1. The number of hydrogen-bond acceptors (Lipinski definition) is 6. The molecule has 0 unspecified atom stereocenters. The van der Waals surface area contributed by atoms with E-state index >= 15 is 0 Å². The molecule has 3 N–H and O–H groups in total. The van der Waals surface area contributed by atoms with Gasteiger partial charge in [-0.3, -0.25) is 4.79 Å². The minimum Gasteiger partial charge on any atom is -0.508 e. The van der Waals surface area contributed by atoms with Gasteiger partial charge in [-0.2, -0.15) is 0 Å². The van der Waals surface area contributed by atoms with Crippen molar-refractivity contribution >= 4 is 17.7 Å². The molecule has 0 aliphatic rings. The fourth-order valence-electron chi connectivity index (χ4n) is 1.88. The highest BCUT2D eigenvalue weighted by atomic mass is 32.2. The molecular formula is C13H15N3O4S. The Morgan fingerprint density at radius 2 is 1.90 bits per heavy atom. The Kier molecular flexibility index (Phi) is 4.69. The number of carboxylic acids is 1. The number of aliphatic carboxylic acids is 1. The maximum atomic E-state index is 10.7. The van der Waals surface area contributed by atoms with Crippen molar-refractivity contribution in [1.82, 2.24) is 14.8 Å². The first-order valence-electron chi connectivity index (χ1n) is 6.32. The molecule has 2 aromatic rings. The van der Waals surface area contributed by atoms with Crippen molar-refractivity contribution < 1.29 is 20.1 Å². The molecule has 0 atom stereocenters. The summed E-state index contributed by atoms with van der Waals surface area (Å²) < 4.78 is 1.78. The van der Waals surface area contributed by atoms with Gasteiger partial charge in [0, 0.05) is 18.2 Å². The van der Waals surface area contributed by atoms with Crippen LogP contribution in [0.5, 0.6) is 11.5 Å². The van der Waals surface area contributed by atoms with Gasteiger partial charge in [0.1, 0.15) is 11.5 Å². The van der Waals surface area contributed by atoms with Crippen molar-refractivity contribution in [3.05, 3.63) is 18.2 Å². The average molecular weight is 309 g/mol. The van der Waals surface area contributed by atoms with Crippen LogP contribution in [0.2, 0.25) is 0 Å². The number of aromatic hydroxyl groups is 2. The van der Waals surface area contributed by atoms with E-state index in [-0.39, 0.29) is 17.3 Å². The molecule has 0 saturated heterocycles. The van der Waals surface area contributed by atoms with E-state index in [0.717, 1.165) is 18.2 Å². The largest absolute Gasteiger partial charge is 0.508 e. The minimum atomic E-state index is -0.928. The third-order valence-electron chi connectivity index (χ3n) is 2.65. The fraction of sp³-hybridized carbons (Fsp3) is 0.308. The normalized spacial score (nSPS) is 10.7. The van der Waals surface area contributed by atoms with Gasteiger partial charge in [-0.25, -0.2) is 0 Å². The molecule has 7 nitrogen and oxygen atoms in total. The second-order valence-corrected chi connectivity index (χ2v) is 5.32. The molecule has 1 aromatic carbocycles. The van der Waals surface area contributed by atoms with Crippen LogP contribution in [-0.4, -0.2) is 41.8 Å². The van der Waals surface area contributed by atoms with Crippen LogP contribution < -0.4 is 0 Å². The maximum Gasteiger partial charge on any atom is 0.313 e. The zero-order chi connectivity index (χ0) is 15.4. The lowest BCUT2D eigenvalue weighted by molar-refractivity contribution is -0.133. The van der Waals surface area contributed by atoms with Crippen LogP contribution in [0.3, 0.4) is 0 Å². The summed E-state index contributed by atoms with van der Waals surface area (Å²) in [5.41, 5.74) is 0.524. The lowest BCUT2D eigenvalue weighted by atomic mass is 10.2. The van der Waals surface area contributed by atoms with Crippen molar-refractivity contribution in [3.63, 3.8) is 0 Å². The van der Waals surface area contributed by atoms with Crippen molar-refractivity contribution in [2.24, 2.45) is 0 Å². The van der Waals surface area contributed by atoms with E-state index in [2.05, 4.69) is 10.2 Å². The monoisotopic (exact) mass is 309 g/mol. The van der Waals surface area contributed by atoms with Crippen LogP contribution in [-0.2, 0) is 11.3 Å². The Morgan fingerprint density at radius 1 is 1.24 bits per heavy atom. The topological polar surface area (TPSA) is 108 Å². The van der Waals surface area contributed by atoms with Gasteiger partial charge in [-0.1, -0.05) is 18.7 Å². The number of thioether (sulfide) groups is 1. The van der Waals surface area contributed by atoms with E-state index in [9.17, 15) is 15.0 Å². The van der Waals surface area contributed by atoms with Gasteiger partial charge in [0.15, 0.2) is 11.0 Å². The van der Waals surface area contributed by atoms with Crippen LogP contribution in [0, 0.1) is 0 Å². The van der Waals surface area contributed by atoms with E-state index in [1.54, 1.807) is 4.57 Å². The molecular weight excluding hydrogens is 294 g/mol. The third kappa shape index (κ3) is 3.66. The highest BCUT2D eigenvalue weighted by Crippen LogP contribution is 2.30. The Morgan fingerprint density at radius 3 is 2.48 bits per heavy atom. The number of carbonyl (C=O) groups is 1. The van der Waals surface area contributed by atoms with Gasteiger partial charge in [0.2, 0.25) is 0 Å². The van der Waals surface area contributed by atoms with Gasteiger partial charge in [0.05, 0.1) is 5.75 Å². The van der Waals surface area contributed by atoms with Crippen molar-refractivity contribution in [1.29, 1.82) is 0 Å². The van der Waals surface area contributed by atoms with Gasteiger partial charge >= 0.3 is 5.97 Å². The van der Waals surface area contributed by atoms with E-state index in [1.165, 1.54) is 18.2 Å². The minimum absolute atomic E-state index is 0.0733. The standard InChI is InChI=1S/C13H15N3O4S/c1-2-3-16-12(8-4-9(17)6-10(18)5-8)14-15-13(16)21-7-11(19)20/h4-6,17-18H,2-3,7H2,1H3,(H,19,20). The van der Waals surface area contributed by atoms with Gasteiger partial charge < -0.3 is 19.9 Å². The first-order chi connectivity index (χ1) is 10.0. The molecule has 0 fully saturated rings. The molecule has 0 aliphatic heterocycles. The molecule has 8 heteroatoms. The Bertz CT molecular complexity index is 637. The summed E-state index contributed by atoms with van der Waals surface area (Å²) >= 11 is 1.08. The summed E-state index contributed by atoms with van der Waals surface area (Å²) in [6.45, 7) is 2.59. The lowest BCUT2D eigenvalue weighted by Gasteiger charge is -2.09. The highest BCUT2D eigenvalue weighted by molar-refractivity contribution is 7.99. The predicted octanol–water partition coefficient (Wildman–Crippen LogP) is 1.94. The van der Waals surface area contributed by atoms with Crippen molar-refractivity contribution in [2.75, 3.05) is 5.75 Å². The van der Waals surface area contributed by atoms with E-state index in [1.807, 2.05) is 6.92 Å². The number of hydrogen-bond donors (Lipinski definition) is 3. The van der Waals surface area contributed by atoms with Crippen LogP contribution in [0.25, 0.3) is 11.4 Å². The predicted molar refractivity (Wildman–Crippen MR) is 77.4 cm³/mol. The molecule has 0 amide bonds. The SMILES string of the molecule is CCCn1c(SCC(=O)O)nnc1-c1cc(O)cc(O)c1. The number of nitrogens with zero attached hydrogens (tertiary/aromatic N) is 3. The van der Waals surface area contributed by atoms with Crippen LogP contribution >= 0.6 is 11.8 Å².